The molecule has 0 aliphatic carbocycles. The van der Waals surface area contributed by atoms with E-state index in [9.17, 15) is 0 Å². The Bertz CT molecular complexity index is 1710. The first-order valence-electron chi connectivity index (χ1n) is 13.2. The van der Waals surface area contributed by atoms with Gasteiger partial charge in [0.1, 0.15) is 0 Å². The van der Waals surface area contributed by atoms with Crippen LogP contribution in [-0.4, -0.2) is 13.1 Å². The predicted molar refractivity (Wildman–Crippen MR) is 166 cm³/mol. The van der Waals surface area contributed by atoms with E-state index in [4.69, 9.17) is 0 Å². The number of rotatable bonds is 5. The molecular weight excluding hydrogens is 474 g/mol. The number of aromatic nitrogens is 1. The maximum absolute atomic E-state index is 4.61. The third kappa shape index (κ3) is 4.96. The number of nitrogens with zero attached hydrogens (tertiary/aromatic N) is 1. The van der Waals surface area contributed by atoms with Crippen LogP contribution in [0.5, 0.6) is 0 Å². The first-order valence-corrected chi connectivity index (χ1v) is 16.7. The van der Waals surface area contributed by atoms with Crippen molar-refractivity contribution in [1.29, 1.82) is 0 Å². The highest BCUT2D eigenvalue weighted by molar-refractivity contribution is 6.88. The van der Waals surface area contributed by atoms with Crippen LogP contribution in [0, 0.1) is 0 Å². The van der Waals surface area contributed by atoms with E-state index >= 15 is 0 Å². The first-order chi connectivity index (χ1) is 18.4. The Hall–Kier alpha value is -4.27. The highest BCUT2D eigenvalue weighted by Gasteiger charge is 2.16. The smallest absolute Gasteiger partial charge is 0.0776 e. The zero-order valence-electron chi connectivity index (χ0n) is 22.1. The van der Waals surface area contributed by atoms with Gasteiger partial charge in [0.15, 0.2) is 0 Å². The molecule has 0 unspecified atom stereocenters. The maximum Gasteiger partial charge on any atom is 0.0776 e. The van der Waals surface area contributed by atoms with Gasteiger partial charge in [-0.1, -0.05) is 140 Å². The Balaban J connectivity index is 1.20. The molecule has 0 amide bonds. The minimum Gasteiger partial charge on any atom is -0.256 e. The van der Waals surface area contributed by atoms with Crippen LogP contribution in [0.25, 0.3) is 55.4 Å². The molecular formula is C36H31NSi. The minimum atomic E-state index is -1.33. The van der Waals surface area contributed by atoms with Gasteiger partial charge in [0.05, 0.1) is 13.6 Å². The van der Waals surface area contributed by atoms with Crippen molar-refractivity contribution in [2.24, 2.45) is 0 Å². The van der Waals surface area contributed by atoms with Crippen LogP contribution in [0.3, 0.4) is 0 Å². The number of fused-ring (bicyclic) bond motifs is 1. The molecule has 0 N–H and O–H groups in total. The van der Waals surface area contributed by atoms with Crippen molar-refractivity contribution in [3.8, 4) is 44.5 Å². The Morgan fingerprint density at radius 3 is 1.42 bits per heavy atom. The van der Waals surface area contributed by atoms with Gasteiger partial charge in [-0.05, 0) is 51.1 Å². The van der Waals surface area contributed by atoms with E-state index in [1.165, 1.54) is 44.1 Å². The van der Waals surface area contributed by atoms with Crippen LogP contribution in [-0.2, 0) is 0 Å². The topological polar surface area (TPSA) is 12.9 Å². The molecule has 2 heteroatoms. The van der Waals surface area contributed by atoms with E-state index < -0.39 is 8.07 Å². The monoisotopic (exact) mass is 505 g/mol. The van der Waals surface area contributed by atoms with Gasteiger partial charge in [-0.15, -0.1) is 0 Å². The van der Waals surface area contributed by atoms with Crippen molar-refractivity contribution >= 4 is 24.2 Å². The van der Waals surface area contributed by atoms with Crippen LogP contribution in [0.4, 0.5) is 0 Å². The summed E-state index contributed by atoms with van der Waals surface area (Å²) in [5.74, 6) is 0. The zero-order valence-corrected chi connectivity index (χ0v) is 23.1. The summed E-state index contributed by atoms with van der Waals surface area (Å²) >= 11 is 0. The van der Waals surface area contributed by atoms with Crippen LogP contribution in [0.2, 0.25) is 19.6 Å². The number of para-hydroxylation sites is 1. The Morgan fingerprint density at radius 2 is 0.895 bits per heavy atom. The van der Waals surface area contributed by atoms with Crippen LogP contribution in [0.15, 0.2) is 134 Å². The minimum absolute atomic E-state index is 1.03. The lowest BCUT2D eigenvalue weighted by atomic mass is 9.97. The van der Waals surface area contributed by atoms with Crippen molar-refractivity contribution in [1.82, 2.24) is 4.98 Å². The fourth-order valence-corrected chi connectivity index (χ4v) is 6.14. The molecule has 0 fully saturated rings. The van der Waals surface area contributed by atoms with E-state index in [2.05, 4.69) is 140 Å². The third-order valence-corrected chi connectivity index (χ3v) is 9.35. The van der Waals surface area contributed by atoms with Gasteiger partial charge in [0, 0.05) is 17.1 Å². The maximum atomic E-state index is 4.61. The lowest BCUT2D eigenvalue weighted by Gasteiger charge is -2.17. The number of pyridine rings is 1. The summed E-state index contributed by atoms with van der Waals surface area (Å²) in [6, 6.07) is 46.1. The fourth-order valence-electron chi connectivity index (χ4n) is 4.96. The van der Waals surface area contributed by atoms with Crippen molar-refractivity contribution in [3.63, 3.8) is 0 Å². The molecule has 184 valence electrons. The molecule has 1 aromatic heterocycles. The summed E-state index contributed by atoms with van der Waals surface area (Å²) in [5, 5.41) is 2.66. The van der Waals surface area contributed by atoms with E-state index in [1.807, 2.05) is 18.3 Å². The fraction of sp³-hybridized carbons (Fsp3) is 0.0833. The van der Waals surface area contributed by atoms with Gasteiger partial charge in [-0.25, -0.2) is 0 Å². The first kappa shape index (κ1) is 24.1. The van der Waals surface area contributed by atoms with Gasteiger partial charge >= 0.3 is 0 Å². The Morgan fingerprint density at radius 1 is 0.421 bits per heavy atom. The van der Waals surface area contributed by atoms with Crippen molar-refractivity contribution in [2.45, 2.75) is 19.6 Å². The van der Waals surface area contributed by atoms with Gasteiger partial charge in [-0.3, -0.25) is 4.98 Å². The summed E-state index contributed by atoms with van der Waals surface area (Å²) < 4.78 is 0. The number of hydrogen-bond donors (Lipinski definition) is 0. The lowest BCUT2D eigenvalue weighted by molar-refractivity contribution is 1.41. The van der Waals surface area contributed by atoms with E-state index in [0.717, 1.165) is 16.5 Å². The highest BCUT2D eigenvalue weighted by Crippen LogP contribution is 2.29. The Labute approximate surface area is 226 Å². The molecule has 6 aromatic rings. The SMILES string of the molecule is C[Si](C)(C)c1cccc(-c2ccc(-c3ccc(-c4ccc(-c5cnc6ccccc6c5)cc4)cc3)cc2)c1. The van der Waals surface area contributed by atoms with Crippen molar-refractivity contribution in [2.75, 3.05) is 0 Å². The number of hydrogen-bond acceptors (Lipinski definition) is 1. The number of benzene rings is 5. The lowest BCUT2D eigenvalue weighted by Crippen LogP contribution is -2.37. The normalized spacial score (nSPS) is 11.6. The second kappa shape index (κ2) is 9.89. The van der Waals surface area contributed by atoms with E-state index in [1.54, 1.807) is 0 Å². The average Bonchev–Trinajstić information content (AvgIpc) is 2.97. The van der Waals surface area contributed by atoms with Gasteiger partial charge in [0.25, 0.3) is 0 Å². The second-order valence-corrected chi connectivity index (χ2v) is 16.1. The van der Waals surface area contributed by atoms with Gasteiger partial charge in [0.2, 0.25) is 0 Å². The molecule has 0 aliphatic heterocycles. The second-order valence-electron chi connectivity index (χ2n) is 11.0. The molecule has 38 heavy (non-hydrogen) atoms. The van der Waals surface area contributed by atoms with E-state index in [-0.39, 0.29) is 0 Å². The van der Waals surface area contributed by atoms with Crippen LogP contribution < -0.4 is 5.19 Å². The average molecular weight is 506 g/mol. The molecule has 0 saturated carbocycles. The molecule has 1 heterocycles. The molecule has 5 aromatic carbocycles. The highest BCUT2D eigenvalue weighted by atomic mass is 28.3. The van der Waals surface area contributed by atoms with Gasteiger partial charge < -0.3 is 0 Å². The summed E-state index contributed by atoms with van der Waals surface area (Å²) in [5.41, 5.74) is 10.8. The quantitative estimate of drug-likeness (QED) is 0.213. The summed E-state index contributed by atoms with van der Waals surface area (Å²) in [7, 11) is -1.33. The summed E-state index contributed by atoms with van der Waals surface area (Å²) in [4.78, 5) is 4.61. The zero-order chi connectivity index (χ0) is 26.1. The summed E-state index contributed by atoms with van der Waals surface area (Å²) in [6.45, 7) is 7.20. The summed E-state index contributed by atoms with van der Waals surface area (Å²) in [6.07, 6.45) is 1.96. The molecule has 0 radical (unpaired) electrons. The van der Waals surface area contributed by atoms with E-state index in [0.29, 0.717) is 0 Å². The Kier molecular flexibility index (Phi) is 6.27. The molecule has 0 atom stereocenters. The van der Waals surface area contributed by atoms with Crippen LogP contribution in [0.1, 0.15) is 0 Å². The van der Waals surface area contributed by atoms with Crippen LogP contribution >= 0.6 is 0 Å². The van der Waals surface area contributed by atoms with Crippen molar-refractivity contribution in [3.05, 3.63) is 134 Å². The standard InChI is InChI=1S/C36H31NSi/c1-38(2,3)35-9-6-8-32(24-35)30-19-15-28(16-20-30)26-11-13-27(14-12-26)29-17-21-31(22-18-29)34-23-33-7-4-5-10-36(33)37-25-34/h4-25H,1-3H3. The largest absolute Gasteiger partial charge is 0.256 e. The molecule has 0 saturated heterocycles. The molecule has 0 bridgehead atoms. The molecule has 6 rings (SSSR count). The van der Waals surface area contributed by atoms with Gasteiger partial charge in [-0.2, -0.15) is 0 Å². The third-order valence-electron chi connectivity index (χ3n) is 7.31. The van der Waals surface area contributed by atoms with Crippen molar-refractivity contribution < 1.29 is 0 Å². The predicted octanol–water partition coefficient (Wildman–Crippen LogP) is 9.45. The molecule has 0 spiro atoms. The molecule has 0 aliphatic rings. The molecule has 1 nitrogen and oxygen atoms in total.